The van der Waals surface area contributed by atoms with Crippen molar-refractivity contribution in [3.05, 3.63) is 109 Å². The van der Waals surface area contributed by atoms with Crippen molar-refractivity contribution < 1.29 is 24.0 Å². The van der Waals surface area contributed by atoms with Gasteiger partial charge in [0.1, 0.15) is 21.5 Å². The number of hydrogen-bond donors (Lipinski definition) is 1. The van der Waals surface area contributed by atoms with Gasteiger partial charge in [-0.3, -0.25) is 24.6 Å². The van der Waals surface area contributed by atoms with E-state index in [-0.39, 0.29) is 28.7 Å². The molecule has 0 unspecified atom stereocenters. The van der Waals surface area contributed by atoms with Crippen LogP contribution in [0.3, 0.4) is 0 Å². The Hall–Kier alpha value is -4.41. The first kappa shape index (κ1) is 28.1. The maximum Gasteiger partial charge on any atom is 0.288 e. The molecule has 0 aliphatic heterocycles. The number of ether oxygens (including phenoxy) is 2. The summed E-state index contributed by atoms with van der Waals surface area (Å²) in [5.74, 6) is 0.225. The van der Waals surface area contributed by atoms with E-state index >= 15 is 0 Å². The fraction of sp³-hybridized carbons (Fsp3) is 0.200. The number of halogens is 1. The predicted octanol–water partition coefficient (Wildman–Crippen LogP) is 6.91. The fourth-order valence-corrected chi connectivity index (χ4v) is 6.45. The molecule has 11 heteroatoms. The van der Waals surface area contributed by atoms with E-state index in [2.05, 4.69) is 5.32 Å². The molecule has 4 aromatic rings. The van der Waals surface area contributed by atoms with Crippen LogP contribution in [-0.4, -0.2) is 31.0 Å². The van der Waals surface area contributed by atoms with Crippen LogP contribution in [0.25, 0.3) is 0 Å². The predicted molar refractivity (Wildman–Crippen MR) is 159 cm³/mol. The molecule has 0 saturated carbocycles. The van der Waals surface area contributed by atoms with E-state index in [0.29, 0.717) is 39.7 Å². The van der Waals surface area contributed by atoms with Gasteiger partial charge >= 0.3 is 0 Å². The number of carbonyl (C=O) groups is 2. The van der Waals surface area contributed by atoms with Crippen molar-refractivity contribution >= 4 is 51.1 Å². The fourth-order valence-electron chi connectivity index (χ4n) is 4.88. The van der Waals surface area contributed by atoms with Crippen molar-refractivity contribution in [2.24, 2.45) is 0 Å². The largest absolute Gasteiger partial charge is 0.497 e. The first-order valence-electron chi connectivity index (χ1n) is 12.8. The van der Waals surface area contributed by atoms with Gasteiger partial charge in [0.05, 0.1) is 31.3 Å². The highest BCUT2D eigenvalue weighted by Gasteiger charge is 2.33. The van der Waals surface area contributed by atoms with E-state index in [0.717, 1.165) is 29.3 Å². The summed E-state index contributed by atoms with van der Waals surface area (Å²) in [7, 11) is 3.07. The van der Waals surface area contributed by atoms with E-state index in [1.807, 2.05) is 18.2 Å². The second kappa shape index (κ2) is 12.0. The van der Waals surface area contributed by atoms with Crippen molar-refractivity contribution in [2.45, 2.75) is 25.8 Å². The minimum absolute atomic E-state index is 0.0145. The monoisotopic (exact) mass is 591 g/mol. The SMILES string of the molecule is COc1ccc(OC)c(CN(C(=O)c2ccc(Cl)c([N+](=O)[O-])c2)c2sc3c(c2C(=O)Nc2ccccc2)CCC3)c1. The molecule has 0 saturated heterocycles. The quantitative estimate of drug-likeness (QED) is 0.167. The molecule has 0 atom stereocenters. The van der Waals surface area contributed by atoms with Gasteiger partial charge in [-0.05, 0) is 67.3 Å². The number of para-hydroxylation sites is 1. The second-order valence-electron chi connectivity index (χ2n) is 9.35. The Morgan fingerprint density at radius 3 is 2.54 bits per heavy atom. The number of amides is 2. The number of benzene rings is 3. The van der Waals surface area contributed by atoms with Gasteiger partial charge in [-0.25, -0.2) is 0 Å². The Morgan fingerprint density at radius 2 is 1.83 bits per heavy atom. The van der Waals surface area contributed by atoms with Crippen molar-refractivity contribution in [2.75, 3.05) is 24.4 Å². The Balaban J connectivity index is 1.65. The number of thiophene rings is 1. The number of aryl methyl sites for hydroxylation is 1. The zero-order valence-electron chi connectivity index (χ0n) is 22.3. The van der Waals surface area contributed by atoms with Crippen LogP contribution in [-0.2, 0) is 19.4 Å². The van der Waals surface area contributed by atoms with Crippen LogP contribution in [0, 0.1) is 10.1 Å². The van der Waals surface area contributed by atoms with Gasteiger partial charge in [0, 0.05) is 27.8 Å². The molecule has 1 heterocycles. The number of nitro groups is 1. The van der Waals surface area contributed by atoms with Gasteiger partial charge in [0.15, 0.2) is 0 Å². The van der Waals surface area contributed by atoms with Crippen LogP contribution in [0.5, 0.6) is 11.5 Å². The second-order valence-corrected chi connectivity index (χ2v) is 10.8. The summed E-state index contributed by atoms with van der Waals surface area (Å²) < 4.78 is 11.0. The molecule has 1 N–H and O–H groups in total. The van der Waals surface area contributed by atoms with Gasteiger partial charge in [0.2, 0.25) is 0 Å². The summed E-state index contributed by atoms with van der Waals surface area (Å²) >= 11 is 7.43. The Bertz CT molecular complexity index is 1640. The molecule has 2 amide bonds. The zero-order valence-corrected chi connectivity index (χ0v) is 23.9. The molecule has 41 heavy (non-hydrogen) atoms. The molecule has 0 radical (unpaired) electrons. The van der Waals surface area contributed by atoms with Crippen molar-refractivity contribution in [1.82, 2.24) is 0 Å². The van der Waals surface area contributed by atoms with Gasteiger partial charge in [-0.1, -0.05) is 29.8 Å². The minimum atomic E-state index is -0.632. The van der Waals surface area contributed by atoms with Gasteiger partial charge < -0.3 is 14.8 Å². The van der Waals surface area contributed by atoms with E-state index in [4.69, 9.17) is 21.1 Å². The van der Waals surface area contributed by atoms with Crippen LogP contribution in [0.2, 0.25) is 5.02 Å². The minimum Gasteiger partial charge on any atom is -0.497 e. The first-order valence-corrected chi connectivity index (χ1v) is 14.0. The Morgan fingerprint density at radius 1 is 1.05 bits per heavy atom. The lowest BCUT2D eigenvalue weighted by atomic mass is 10.1. The first-order chi connectivity index (χ1) is 19.8. The van der Waals surface area contributed by atoms with Gasteiger partial charge in [0.25, 0.3) is 17.5 Å². The Labute approximate surface area is 245 Å². The number of nitro benzene ring substituents is 1. The number of nitrogens with one attached hydrogen (secondary N) is 1. The van der Waals surface area contributed by atoms with E-state index in [9.17, 15) is 19.7 Å². The van der Waals surface area contributed by atoms with E-state index in [1.165, 1.54) is 42.6 Å². The average molecular weight is 592 g/mol. The lowest BCUT2D eigenvalue weighted by molar-refractivity contribution is -0.384. The standard InChI is InChI=1S/C30H26ClN3O6S/c1-39-21-12-14-25(40-2)19(15-21)17-33(29(36)18-11-13-23(31)24(16-18)34(37)38)30-27(22-9-6-10-26(22)41-30)28(35)32-20-7-4-3-5-8-20/h3-5,7-8,11-16H,6,9-10,17H2,1-2H3,(H,32,35). The van der Waals surface area contributed by atoms with Crippen LogP contribution < -0.4 is 19.7 Å². The van der Waals surface area contributed by atoms with Crippen molar-refractivity contribution in [3.63, 3.8) is 0 Å². The van der Waals surface area contributed by atoms with Gasteiger partial charge in [-0.2, -0.15) is 0 Å². The molecular formula is C30H26ClN3O6S. The maximum absolute atomic E-state index is 14.2. The highest BCUT2D eigenvalue weighted by atomic mass is 35.5. The van der Waals surface area contributed by atoms with Crippen LogP contribution in [0.4, 0.5) is 16.4 Å². The molecule has 1 aliphatic carbocycles. The lowest BCUT2D eigenvalue weighted by Gasteiger charge is -2.24. The highest BCUT2D eigenvalue weighted by molar-refractivity contribution is 7.17. The molecule has 0 fully saturated rings. The van der Waals surface area contributed by atoms with Crippen molar-refractivity contribution in [1.29, 1.82) is 0 Å². The molecule has 0 bridgehead atoms. The molecular weight excluding hydrogens is 566 g/mol. The summed E-state index contributed by atoms with van der Waals surface area (Å²) in [4.78, 5) is 41.5. The summed E-state index contributed by atoms with van der Waals surface area (Å²) in [6.45, 7) is 0.0145. The summed E-state index contributed by atoms with van der Waals surface area (Å²) in [5, 5.41) is 14.9. The van der Waals surface area contributed by atoms with E-state index in [1.54, 1.807) is 30.3 Å². The van der Waals surface area contributed by atoms with Crippen LogP contribution in [0.15, 0.2) is 66.7 Å². The van der Waals surface area contributed by atoms with Crippen molar-refractivity contribution in [3.8, 4) is 11.5 Å². The molecule has 210 valence electrons. The molecule has 9 nitrogen and oxygen atoms in total. The number of anilines is 2. The normalized spacial score (nSPS) is 12.0. The summed E-state index contributed by atoms with van der Waals surface area (Å²) in [6, 6.07) is 18.3. The lowest BCUT2D eigenvalue weighted by Crippen LogP contribution is -2.32. The average Bonchev–Trinajstić information content (AvgIpc) is 3.57. The third-order valence-corrected chi connectivity index (χ3v) is 8.49. The van der Waals surface area contributed by atoms with E-state index < -0.39 is 10.8 Å². The number of hydrogen-bond acceptors (Lipinski definition) is 7. The number of fused-ring (bicyclic) bond motifs is 1. The summed E-state index contributed by atoms with van der Waals surface area (Å²) in [5.41, 5.74) is 2.27. The smallest absolute Gasteiger partial charge is 0.288 e. The van der Waals surface area contributed by atoms with Crippen LogP contribution in [0.1, 0.15) is 43.1 Å². The number of nitrogens with zero attached hydrogens (tertiary/aromatic N) is 2. The number of carbonyl (C=O) groups excluding carboxylic acids is 2. The third-order valence-electron chi connectivity index (χ3n) is 6.86. The number of rotatable bonds is 9. The molecule has 5 rings (SSSR count). The molecule has 3 aromatic carbocycles. The summed E-state index contributed by atoms with van der Waals surface area (Å²) in [6.07, 6.45) is 2.41. The van der Waals surface area contributed by atoms with Crippen LogP contribution >= 0.6 is 22.9 Å². The highest BCUT2D eigenvalue weighted by Crippen LogP contribution is 2.43. The zero-order chi connectivity index (χ0) is 29.1. The molecule has 1 aliphatic rings. The molecule has 1 aromatic heterocycles. The maximum atomic E-state index is 14.2. The topological polar surface area (TPSA) is 111 Å². The Kier molecular flexibility index (Phi) is 8.23. The number of methoxy groups -OCH3 is 2. The molecule has 0 spiro atoms. The third kappa shape index (κ3) is 5.75. The van der Waals surface area contributed by atoms with Gasteiger partial charge in [-0.15, -0.1) is 11.3 Å².